The molecule has 0 bridgehead atoms. The lowest BCUT2D eigenvalue weighted by atomic mass is 9.87. The van der Waals surface area contributed by atoms with E-state index in [4.69, 9.17) is 10.2 Å². The SMILES string of the molecule is CC(C)(C)C(CCOC(=O)O)OC(=O)O. The van der Waals surface area contributed by atoms with Gasteiger partial charge in [-0.05, 0) is 5.41 Å². The summed E-state index contributed by atoms with van der Waals surface area (Å²) in [6.07, 6.45) is -3.13. The molecule has 0 fully saturated rings. The Bertz CT molecular complexity index is 229. The van der Waals surface area contributed by atoms with Crippen molar-refractivity contribution in [1.82, 2.24) is 0 Å². The molecular weight excluding hydrogens is 204 g/mol. The van der Waals surface area contributed by atoms with Crippen molar-refractivity contribution in [1.29, 1.82) is 0 Å². The molecule has 0 rings (SSSR count). The van der Waals surface area contributed by atoms with Crippen LogP contribution in [0, 0.1) is 5.41 Å². The molecule has 0 saturated heterocycles. The Morgan fingerprint density at radius 3 is 2.07 bits per heavy atom. The van der Waals surface area contributed by atoms with E-state index < -0.39 is 18.4 Å². The third kappa shape index (κ3) is 6.59. The first kappa shape index (κ1) is 13.5. The highest BCUT2D eigenvalue weighted by atomic mass is 16.7. The molecule has 15 heavy (non-hydrogen) atoms. The van der Waals surface area contributed by atoms with E-state index in [1.54, 1.807) is 20.8 Å². The number of ether oxygens (including phenoxy) is 2. The van der Waals surface area contributed by atoms with Gasteiger partial charge >= 0.3 is 12.3 Å². The van der Waals surface area contributed by atoms with Crippen LogP contribution in [0.1, 0.15) is 27.2 Å². The first-order chi connectivity index (χ1) is 6.73. The fraction of sp³-hybridized carbons (Fsp3) is 0.778. The molecule has 0 aromatic rings. The van der Waals surface area contributed by atoms with Gasteiger partial charge < -0.3 is 19.7 Å². The standard InChI is InChI=1S/C9H16O6/c1-9(2,3)6(15-8(12)13)4-5-14-7(10)11/h6H,4-5H2,1-3H3,(H,10,11)(H,12,13). The molecule has 6 nitrogen and oxygen atoms in total. The molecule has 0 radical (unpaired) electrons. The highest BCUT2D eigenvalue weighted by Crippen LogP contribution is 2.25. The average molecular weight is 220 g/mol. The van der Waals surface area contributed by atoms with Gasteiger partial charge in [0.1, 0.15) is 6.10 Å². The summed E-state index contributed by atoms with van der Waals surface area (Å²) in [4.78, 5) is 20.4. The van der Waals surface area contributed by atoms with E-state index in [1.807, 2.05) is 0 Å². The molecule has 6 heteroatoms. The summed E-state index contributed by atoms with van der Waals surface area (Å²) in [6.45, 7) is 5.34. The minimum absolute atomic E-state index is 0.0788. The fourth-order valence-electron chi connectivity index (χ4n) is 1.04. The van der Waals surface area contributed by atoms with Crippen LogP contribution in [0.4, 0.5) is 9.59 Å². The average Bonchev–Trinajstić information content (AvgIpc) is 1.99. The molecule has 0 aromatic carbocycles. The number of hydrogen-bond donors (Lipinski definition) is 2. The lowest BCUT2D eigenvalue weighted by Crippen LogP contribution is -2.32. The Hall–Kier alpha value is -1.46. The van der Waals surface area contributed by atoms with Crippen molar-refractivity contribution in [3.63, 3.8) is 0 Å². The van der Waals surface area contributed by atoms with Gasteiger partial charge in [-0.15, -0.1) is 0 Å². The van der Waals surface area contributed by atoms with Crippen molar-refractivity contribution in [2.24, 2.45) is 5.41 Å². The second-order valence-electron chi connectivity index (χ2n) is 4.14. The quantitative estimate of drug-likeness (QED) is 0.705. The Kier molecular flexibility index (Phi) is 4.90. The van der Waals surface area contributed by atoms with Crippen LogP contribution in [0.5, 0.6) is 0 Å². The summed E-state index contributed by atoms with van der Waals surface area (Å²) in [7, 11) is 0. The minimum atomic E-state index is -1.38. The van der Waals surface area contributed by atoms with Crippen molar-refractivity contribution in [3.05, 3.63) is 0 Å². The van der Waals surface area contributed by atoms with Crippen LogP contribution in [-0.2, 0) is 9.47 Å². The first-order valence-electron chi connectivity index (χ1n) is 4.49. The molecule has 2 N–H and O–H groups in total. The molecule has 0 spiro atoms. The molecule has 1 atom stereocenters. The highest BCUT2D eigenvalue weighted by Gasteiger charge is 2.28. The van der Waals surface area contributed by atoms with E-state index in [1.165, 1.54) is 0 Å². The third-order valence-corrected chi connectivity index (χ3v) is 1.81. The van der Waals surface area contributed by atoms with Gasteiger partial charge in [0.05, 0.1) is 6.61 Å². The van der Waals surface area contributed by atoms with Crippen LogP contribution in [0.25, 0.3) is 0 Å². The van der Waals surface area contributed by atoms with Crippen molar-refractivity contribution in [2.45, 2.75) is 33.3 Å². The zero-order valence-electron chi connectivity index (χ0n) is 9.02. The third-order valence-electron chi connectivity index (χ3n) is 1.81. The van der Waals surface area contributed by atoms with Crippen molar-refractivity contribution in [2.75, 3.05) is 6.61 Å². The monoisotopic (exact) mass is 220 g/mol. The van der Waals surface area contributed by atoms with Crippen LogP contribution in [0.2, 0.25) is 0 Å². The second-order valence-corrected chi connectivity index (χ2v) is 4.14. The summed E-state index contributed by atoms with van der Waals surface area (Å²) in [5, 5.41) is 16.7. The molecule has 0 aromatic heterocycles. The molecule has 0 aliphatic carbocycles. The first-order valence-corrected chi connectivity index (χ1v) is 4.49. The maximum Gasteiger partial charge on any atom is 0.506 e. The van der Waals surface area contributed by atoms with Gasteiger partial charge in [0.25, 0.3) is 0 Å². The van der Waals surface area contributed by atoms with Gasteiger partial charge in [-0.25, -0.2) is 9.59 Å². The summed E-state index contributed by atoms with van der Waals surface area (Å²) in [5.74, 6) is 0. The molecular formula is C9H16O6. The zero-order chi connectivity index (χ0) is 12.1. The maximum absolute atomic E-state index is 10.4. The molecule has 1 unspecified atom stereocenters. The lowest BCUT2D eigenvalue weighted by Gasteiger charge is -2.28. The minimum Gasteiger partial charge on any atom is -0.450 e. The Morgan fingerprint density at radius 1 is 1.20 bits per heavy atom. The Morgan fingerprint density at radius 2 is 1.73 bits per heavy atom. The fourth-order valence-corrected chi connectivity index (χ4v) is 1.04. The largest absolute Gasteiger partial charge is 0.506 e. The van der Waals surface area contributed by atoms with Gasteiger partial charge in [-0.2, -0.15) is 0 Å². The summed E-state index contributed by atoms with van der Waals surface area (Å²) in [6, 6.07) is 0. The van der Waals surface area contributed by atoms with Crippen molar-refractivity contribution in [3.8, 4) is 0 Å². The molecule has 0 aliphatic heterocycles. The van der Waals surface area contributed by atoms with E-state index in [9.17, 15) is 9.59 Å². The van der Waals surface area contributed by atoms with Crippen LogP contribution in [0.3, 0.4) is 0 Å². The topological polar surface area (TPSA) is 93.1 Å². The van der Waals surface area contributed by atoms with Gasteiger partial charge in [0.15, 0.2) is 0 Å². The van der Waals surface area contributed by atoms with E-state index in [2.05, 4.69) is 9.47 Å². The Labute approximate surface area is 87.8 Å². The second kappa shape index (κ2) is 5.43. The molecule has 0 amide bonds. The van der Waals surface area contributed by atoms with Crippen LogP contribution in [0.15, 0.2) is 0 Å². The predicted octanol–water partition coefficient (Wildman–Crippen LogP) is 2.18. The van der Waals surface area contributed by atoms with Gasteiger partial charge in [0, 0.05) is 6.42 Å². The van der Waals surface area contributed by atoms with E-state index >= 15 is 0 Å². The smallest absolute Gasteiger partial charge is 0.450 e. The van der Waals surface area contributed by atoms with Crippen LogP contribution >= 0.6 is 0 Å². The number of carboxylic acid groups (broad SMARTS) is 2. The maximum atomic E-state index is 10.4. The summed E-state index contributed by atoms with van der Waals surface area (Å²) < 4.78 is 8.93. The normalized spacial score (nSPS) is 13.0. The van der Waals surface area contributed by atoms with Gasteiger partial charge in [-0.1, -0.05) is 20.8 Å². The number of carbonyl (C=O) groups is 2. The molecule has 88 valence electrons. The van der Waals surface area contributed by atoms with Crippen molar-refractivity contribution < 1.29 is 29.3 Å². The number of rotatable bonds is 4. The lowest BCUT2D eigenvalue weighted by molar-refractivity contribution is -0.0148. The van der Waals surface area contributed by atoms with Crippen LogP contribution in [-0.4, -0.2) is 35.2 Å². The van der Waals surface area contributed by atoms with E-state index in [0.29, 0.717) is 0 Å². The highest BCUT2D eigenvalue weighted by molar-refractivity contribution is 5.57. The summed E-state index contributed by atoms with van der Waals surface area (Å²) in [5.41, 5.74) is -0.389. The van der Waals surface area contributed by atoms with Crippen LogP contribution < -0.4 is 0 Å². The summed E-state index contributed by atoms with van der Waals surface area (Å²) >= 11 is 0. The number of hydrogen-bond acceptors (Lipinski definition) is 4. The molecule has 0 saturated carbocycles. The van der Waals surface area contributed by atoms with Crippen molar-refractivity contribution >= 4 is 12.3 Å². The van der Waals surface area contributed by atoms with Gasteiger partial charge in [-0.3, -0.25) is 0 Å². The van der Waals surface area contributed by atoms with E-state index in [0.717, 1.165) is 0 Å². The predicted molar refractivity (Wildman–Crippen MR) is 50.9 cm³/mol. The zero-order valence-corrected chi connectivity index (χ0v) is 9.02. The molecule has 0 aliphatic rings. The van der Waals surface area contributed by atoms with Gasteiger partial charge in [0.2, 0.25) is 0 Å². The Balaban J connectivity index is 4.14. The van der Waals surface area contributed by atoms with E-state index in [-0.39, 0.29) is 18.4 Å². The molecule has 0 heterocycles.